The summed E-state index contributed by atoms with van der Waals surface area (Å²) in [4.78, 5) is 32.5. The standard InChI is InChI=1S/C25H31N9O3/c1-14(25(2,3)36)28-22(35)21-29-23(31-24(30-21)37-13-17-11-16(17)12-26)34-9-6-15(7-10-34)19-18-5-4-8-27-20(18)33-32-19/h4-5,8,14-17,36H,6-7,9-11,13H2,1-3H3,(H,28,35)(H,27,32,33)/t14-,16+,17-/m1/s1. The lowest BCUT2D eigenvalue weighted by Gasteiger charge is -2.31. The number of carbonyl (C=O) groups excluding carboxylic acids is 1. The Morgan fingerprint density at radius 1 is 1.35 bits per heavy atom. The van der Waals surface area contributed by atoms with Crippen molar-refractivity contribution in [2.24, 2.45) is 11.8 Å². The Morgan fingerprint density at radius 2 is 2.14 bits per heavy atom. The molecule has 37 heavy (non-hydrogen) atoms. The van der Waals surface area contributed by atoms with Crippen LogP contribution < -0.4 is 15.0 Å². The summed E-state index contributed by atoms with van der Waals surface area (Å²) in [7, 11) is 0. The van der Waals surface area contributed by atoms with E-state index in [9.17, 15) is 9.90 Å². The number of amides is 1. The first-order valence-corrected chi connectivity index (χ1v) is 12.6. The lowest BCUT2D eigenvalue weighted by Crippen LogP contribution is -2.47. The van der Waals surface area contributed by atoms with Gasteiger partial charge in [-0.05, 0) is 52.2 Å². The molecule has 3 N–H and O–H groups in total. The Morgan fingerprint density at radius 3 is 2.84 bits per heavy atom. The van der Waals surface area contributed by atoms with Crippen molar-refractivity contribution in [3.8, 4) is 12.1 Å². The van der Waals surface area contributed by atoms with Crippen molar-refractivity contribution >= 4 is 22.9 Å². The van der Waals surface area contributed by atoms with Gasteiger partial charge in [-0.25, -0.2) is 4.98 Å². The number of carbonyl (C=O) groups is 1. The zero-order valence-electron chi connectivity index (χ0n) is 21.2. The third kappa shape index (κ3) is 5.46. The summed E-state index contributed by atoms with van der Waals surface area (Å²) in [6.07, 6.45) is 4.20. The Hall–Kier alpha value is -3.85. The van der Waals surface area contributed by atoms with Crippen molar-refractivity contribution in [1.29, 1.82) is 5.26 Å². The topological polar surface area (TPSA) is 166 Å². The summed E-state index contributed by atoms with van der Waals surface area (Å²) in [5.74, 6) is 0.173. The van der Waals surface area contributed by atoms with E-state index >= 15 is 0 Å². The molecule has 0 bridgehead atoms. The van der Waals surface area contributed by atoms with Gasteiger partial charge in [0.15, 0.2) is 5.65 Å². The number of nitrogens with one attached hydrogen (secondary N) is 2. The number of hydrogen-bond donors (Lipinski definition) is 3. The van der Waals surface area contributed by atoms with Gasteiger partial charge in [0.05, 0.1) is 35.9 Å². The molecule has 12 heteroatoms. The normalized spacial score (nSPS) is 20.9. The van der Waals surface area contributed by atoms with Crippen LogP contribution in [0, 0.1) is 23.2 Å². The highest BCUT2D eigenvalue weighted by Crippen LogP contribution is 2.38. The van der Waals surface area contributed by atoms with Gasteiger partial charge >= 0.3 is 6.01 Å². The van der Waals surface area contributed by atoms with Crippen molar-refractivity contribution in [3.05, 3.63) is 29.8 Å². The Balaban J connectivity index is 1.33. The highest BCUT2D eigenvalue weighted by Gasteiger charge is 2.38. The number of rotatable bonds is 8. The summed E-state index contributed by atoms with van der Waals surface area (Å²) in [5.41, 5.74) is 0.681. The molecule has 0 unspecified atom stereocenters. The van der Waals surface area contributed by atoms with Crippen LogP contribution in [0.25, 0.3) is 11.0 Å². The van der Waals surface area contributed by atoms with E-state index in [-0.39, 0.29) is 29.6 Å². The van der Waals surface area contributed by atoms with Crippen LogP contribution in [0.5, 0.6) is 6.01 Å². The second kappa shape index (κ2) is 9.89. The van der Waals surface area contributed by atoms with E-state index in [0.717, 1.165) is 36.0 Å². The second-order valence-corrected chi connectivity index (χ2v) is 10.4. The molecule has 3 atom stereocenters. The number of H-pyrrole nitrogens is 1. The molecule has 1 aliphatic carbocycles. The highest BCUT2D eigenvalue weighted by atomic mass is 16.5. The van der Waals surface area contributed by atoms with E-state index in [1.54, 1.807) is 27.0 Å². The maximum atomic E-state index is 13.0. The zero-order valence-corrected chi connectivity index (χ0v) is 21.2. The second-order valence-electron chi connectivity index (χ2n) is 10.4. The van der Waals surface area contributed by atoms with E-state index in [4.69, 9.17) is 10.00 Å². The minimum Gasteiger partial charge on any atom is -0.463 e. The summed E-state index contributed by atoms with van der Waals surface area (Å²) in [6, 6.07) is 5.71. The van der Waals surface area contributed by atoms with Gasteiger partial charge in [-0.1, -0.05) is 0 Å². The fourth-order valence-corrected chi connectivity index (χ4v) is 4.40. The number of ether oxygens (including phenoxy) is 1. The van der Waals surface area contributed by atoms with Crippen molar-refractivity contribution < 1.29 is 14.6 Å². The molecule has 3 aromatic rings. The van der Waals surface area contributed by atoms with Gasteiger partial charge in [-0.2, -0.15) is 25.3 Å². The van der Waals surface area contributed by atoms with E-state index in [1.807, 2.05) is 17.0 Å². The SMILES string of the molecule is C[C@@H](NC(=O)c1nc(OC[C@H]2C[C@H]2C#N)nc(N2CCC(c3n[nH]c4ncccc34)CC2)n1)C(C)(C)O. The largest absolute Gasteiger partial charge is 0.463 e. The van der Waals surface area contributed by atoms with Gasteiger partial charge < -0.3 is 20.1 Å². The number of hydrogen-bond acceptors (Lipinski definition) is 10. The maximum Gasteiger partial charge on any atom is 0.321 e. The van der Waals surface area contributed by atoms with Crippen molar-refractivity contribution in [1.82, 2.24) is 35.5 Å². The Labute approximate surface area is 214 Å². The molecule has 1 saturated heterocycles. The van der Waals surface area contributed by atoms with Crippen LogP contribution >= 0.6 is 0 Å². The number of nitrogens with zero attached hydrogens (tertiary/aromatic N) is 7. The van der Waals surface area contributed by atoms with Gasteiger partial charge in [0.1, 0.15) is 0 Å². The summed E-state index contributed by atoms with van der Waals surface area (Å²) in [6.45, 7) is 6.60. The van der Waals surface area contributed by atoms with Crippen LogP contribution in [0.2, 0.25) is 0 Å². The molecular weight excluding hydrogens is 474 g/mol. The average Bonchev–Trinajstić information content (AvgIpc) is 3.53. The number of pyridine rings is 1. The summed E-state index contributed by atoms with van der Waals surface area (Å²) >= 11 is 0. The number of anilines is 1. The first-order chi connectivity index (χ1) is 17.7. The van der Waals surface area contributed by atoms with E-state index < -0.39 is 17.6 Å². The zero-order chi connectivity index (χ0) is 26.2. The fourth-order valence-electron chi connectivity index (χ4n) is 4.40. The molecule has 12 nitrogen and oxygen atoms in total. The molecule has 1 aliphatic heterocycles. The third-order valence-corrected chi connectivity index (χ3v) is 7.26. The molecule has 1 saturated carbocycles. The molecule has 0 spiro atoms. The van der Waals surface area contributed by atoms with Crippen molar-refractivity contribution in [3.63, 3.8) is 0 Å². The van der Waals surface area contributed by atoms with Crippen LogP contribution in [-0.2, 0) is 0 Å². The number of piperidine rings is 1. The molecule has 5 rings (SSSR count). The van der Waals surface area contributed by atoms with Crippen LogP contribution in [0.3, 0.4) is 0 Å². The molecule has 2 aliphatic rings. The molecule has 194 valence electrons. The number of aliphatic hydroxyl groups is 1. The lowest BCUT2D eigenvalue weighted by molar-refractivity contribution is 0.0405. The minimum atomic E-state index is -1.11. The van der Waals surface area contributed by atoms with Gasteiger partial charge in [0, 0.05) is 36.5 Å². The van der Waals surface area contributed by atoms with Gasteiger partial charge in [0.2, 0.25) is 11.8 Å². The Bertz CT molecular complexity index is 1320. The predicted octanol–water partition coefficient (Wildman–Crippen LogP) is 1.95. The maximum absolute atomic E-state index is 13.0. The van der Waals surface area contributed by atoms with Crippen LogP contribution in [0.15, 0.2) is 18.3 Å². The summed E-state index contributed by atoms with van der Waals surface area (Å²) in [5, 5.41) is 30.6. The summed E-state index contributed by atoms with van der Waals surface area (Å²) < 4.78 is 5.79. The minimum absolute atomic E-state index is 0.0101. The molecule has 0 aromatic carbocycles. The third-order valence-electron chi connectivity index (χ3n) is 7.26. The van der Waals surface area contributed by atoms with Crippen molar-refractivity contribution in [2.75, 3.05) is 24.6 Å². The quantitative estimate of drug-likeness (QED) is 0.412. The van der Waals surface area contributed by atoms with Crippen LogP contribution in [-0.4, -0.2) is 72.5 Å². The van der Waals surface area contributed by atoms with Gasteiger partial charge in [-0.15, -0.1) is 0 Å². The first kappa shape index (κ1) is 24.8. The van der Waals surface area contributed by atoms with Gasteiger partial charge in [0.25, 0.3) is 5.91 Å². The highest BCUT2D eigenvalue weighted by molar-refractivity contribution is 5.91. The smallest absolute Gasteiger partial charge is 0.321 e. The number of nitriles is 1. The number of fused-ring (bicyclic) bond motifs is 1. The number of aromatic nitrogens is 6. The lowest BCUT2D eigenvalue weighted by atomic mass is 9.92. The first-order valence-electron chi connectivity index (χ1n) is 12.6. The monoisotopic (exact) mass is 505 g/mol. The molecule has 3 aromatic heterocycles. The average molecular weight is 506 g/mol. The fraction of sp³-hybridized carbons (Fsp3) is 0.560. The molecular formula is C25H31N9O3. The molecule has 1 amide bonds. The Kier molecular flexibility index (Phi) is 6.64. The number of aromatic amines is 1. The van der Waals surface area contributed by atoms with Gasteiger partial charge in [-0.3, -0.25) is 9.89 Å². The predicted molar refractivity (Wildman–Crippen MR) is 134 cm³/mol. The van der Waals surface area contributed by atoms with E-state index in [1.165, 1.54) is 0 Å². The van der Waals surface area contributed by atoms with Crippen LogP contribution in [0.1, 0.15) is 62.3 Å². The van der Waals surface area contributed by atoms with E-state index in [2.05, 4.69) is 41.5 Å². The van der Waals surface area contributed by atoms with Crippen LogP contribution in [0.4, 0.5) is 5.95 Å². The molecule has 4 heterocycles. The molecule has 2 fully saturated rings. The van der Waals surface area contributed by atoms with E-state index in [0.29, 0.717) is 25.6 Å². The molecule has 0 radical (unpaired) electrons. The van der Waals surface area contributed by atoms with Crippen molar-refractivity contribution in [2.45, 2.75) is 57.6 Å².